The summed E-state index contributed by atoms with van der Waals surface area (Å²) in [6.45, 7) is 0. The second-order valence-corrected chi connectivity index (χ2v) is 3.45. The molecule has 1 atom stereocenters. The monoisotopic (exact) mass is 249 g/mol. The maximum Gasteiger partial charge on any atom is 0.419 e. The molecule has 1 aromatic carbocycles. The molecule has 0 spiro atoms. The number of phenolic OH excluding ortho intramolecular Hbond substituents is 1. The van der Waals surface area contributed by atoms with Gasteiger partial charge in [-0.25, -0.2) is 0 Å². The minimum Gasteiger partial charge on any atom is -0.507 e. The summed E-state index contributed by atoms with van der Waals surface area (Å²) in [5, 5.41) is 17.9. The zero-order valence-corrected chi connectivity index (χ0v) is 8.53. The topological polar surface area (TPSA) is 83.6 Å². The van der Waals surface area contributed by atoms with Crippen molar-refractivity contribution in [2.24, 2.45) is 5.73 Å². The number of aromatic hydroxyl groups is 1. The highest BCUT2D eigenvalue weighted by Gasteiger charge is 2.35. The molecule has 4 nitrogen and oxygen atoms in total. The number of halogens is 3. The van der Waals surface area contributed by atoms with Gasteiger partial charge in [0.25, 0.3) is 0 Å². The maximum absolute atomic E-state index is 12.4. The van der Waals surface area contributed by atoms with E-state index in [9.17, 15) is 23.1 Å². The van der Waals surface area contributed by atoms with Crippen LogP contribution in [0, 0.1) is 0 Å². The van der Waals surface area contributed by atoms with E-state index < -0.39 is 35.9 Å². The summed E-state index contributed by atoms with van der Waals surface area (Å²) in [6, 6.07) is 1.75. The number of carboxylic acid groups (broad SMARTS) is 1. The quantitative estimate of drug-likeness (QED) is 0.763. The molecule has 0 aromatic heterocycles. The summed E-state index contributed by atoms with van der Waals surface area (Å²) < 4.78 is 37.3. The molecule has 1 aromatic rings. The minimum atomic E-state index is -4.71. The molecule has 0 aliphatic heterocycles. The van der Waals surface area contributed by atoms with Crippen molar-refractivity contribution in [3.05, 3.63) is 29.3 Å². The first-order valence-corrected chi connectivity index (χ1v) is 4.60. The Kier molecular flexibility index (Phi) is 3.62. The van der Waals surface area contributed by atoms with E-state index in [1.807, 2.05) is 0 Å². The van der Waals surface area contributed by atoms with Gasteiger partial charge in [-0.2, -0.15) is 13.2 Å². The summed E-state index contributed by atoms with van der Waals surface area (Å²) in [5.74, 6) is -2.27. The van der Waals surface area contributed by atoms with Crippen molar-refractivity contribution in [1.82, 2.24) is 0 Å². The Bertz CT molecular complexity index is 431. The number of nitrogens with two attached hydrogens (primary N) is 1. The normalized spacial score (nSPS) is 13.4. The summed E-state index contributed by atoms with van der Waals surface area (Å²) in [5.41, 5.74) is 3.94. The third-order valence-electron chi connectivity index (χ3n) is 2.17. The zero-order valence-electron chi connectivity index (χ0n) is 8.53. The van der Waals surface area contributed by atoms with Gasteiger partial charge in [-0.3, -0.25) is 4.79 Å². The molecule has 0 fully saturated rings. The molecule has 94 valence electrons. The van der Waals surface area contributed by atoms with Crippen molar-refractivity contribution in [3.8, 4) is 5.75 Å². The standard InChI is InChI=1S/C10H10F3NO3/c11-10(12,13)6-3-1-2-5(9(6)17)7(14)4-8(15)16/h1-3,7,17H,4,14H2,(H,15,16). The van der Waals surface area contributed by atoms with E-state index in [4.69, 9.17) is 10.8 Å². The molecule has 1 unspecified atom stereocenters. The van der Waals surface area contributed by atoms with E-state index in [1.165, 1.54) is 0 Å². The highest BCUT2D eigenvalue weighted by Crippen LogP contribution is 2.39. The molecule has 0 heterocycles. The van der Waals surface area contributed by atoms with Gasteiger partial charge >= 0.3 is 12.1 Å². The number of para-hydroxylation sites is 1. The van der Waals surface area contributed by atoms with Gasteiger partial charge in [0.05, 0.1) is 12.0 Å². The molecule has 0 saturated carbocycles. The van der Waals surface area contributed by atoms with Crippen molar-refractivity contribution in [1.29, 1.82) is 0 Å². The second kappa shape index (κ2) is 4.62. The van der Waals surface area contributed by atoms with Crippen LogP contribution in [0.4, 0.5) is 13.2 Å². The zero-order chi connectivity index (χ0) is 13.2. The van der Waals surface area contributed by atoms with Crippen LogP contribution in [-0.2, 0) is 11.0 Å². The van der Waals surface area contributed by atoms with Crippen LogP contribution in [0.5, 0.6) is 5.75 Å². The Morgan fingerprint density at radius 3 is 2.47 bits per heavy atom. The molecular formula is C10H10F3NO3. The van der Waals surface area contributed by atoms with Crippen LogP contribution < -0.4 is 5.73 Å². The van der Waals surface area contributed by atoms with Crippen molar-refractivity contribution >= 4 is 5.97 Å². The predicted octanol–water partition coefficient (Wildman–Crippen LogP) is 1.89. The average molecular weight is 249 g/mol. The van der Waals surface area contributed by atoms with Crippen molar-refractivity contribution in [2.75, 3.05) is 0 Å². The lowest BCUT2D eigenvalue weighted by molar-refractivity contribution is -0.138. The molecular weight excluding hydrogens is 239 g/mol. The number of aliphatic carboxylic acids is 1. The van der Waals surface area contributed by atoms with Crippen LogP contribution >= 0.6 is 0 Å². The van der Waals surface area contributed by atoms with E-state index >= 15 is 0 Å². The molecule has 7 heteroatoms. The number of benzene rings is 1. The van der Waals surface area contributed by atoms with Gasteiger partial charge in [0.15, 0.2) is 0 Å². The van der Waals surface area contributed by atoms with Crippen molar-refractivity contribution in [3.63, 3.8) is 0 Å². The summed E-state index contributed by atoms with van der Waals surface area (Å²) in [4.78, 5) is 10.4. The van der Waals surface area contributed by atoms with Crippen LogP contribution in [0.1, 0.15) is 23.6 Å². The summed E-state index contributed by atoms with van der Waals surface area (Å²) >= 11 is 0. The van der Waals surface area contributed by atoms with E-state index in [0.717, 1.165) is 12.1 Å². The van der Waals surface area contributed by atoms with E-state index in [-0.39, 0.29) is 5.56 Å². The molecule has 0 aliphatic rings. The fraction of sp³-hybridized carbons (Fsp3) is 0.300. The first-order valence-electron chi connectivity index (χ1n) is 4.60. The molecule has 0 amide bonds. The van der Waals surface area contributed by atoms with Gasteiger partial charge in [0.1, 0.15) is 5.75 Å². The first-order chi connectivity index (χ1) is 7.73. The molecule has 17 heavy (non-hydrogen) atoms. The Morgan fingerprint density at radius 1 is 1.41 bits per heavy atom. The van der Waals surface area contributed by atoms with Gasteiger partial charge in [-0.1, -0.05) is 12.1 Å². The Hall–Kier alpha value is -1.76. The third-order valence-corrected chi connectivity index (χ3v) is 2.17. The third kappa shape index (κ3) is 3.10. The lowest BCUT2D eigenvalue weighted by atomic mass is 10.00. The number of carbonyl (C=O) groups is 1. The summed E-state index contributed by atoms with van der Waals surface area (Å²) in [6.07, 6.45) is -5.27. The average Bonchev–Trinajstić information content (AvgIpc) is 2.14. The van der Waals surface area contributed by atoms with Crippen LogP contribution in [0.2, 0.25) is 0 Å². The van der Waals surface area contributed by atoms with E-state index in [0.29, 0.717) is 6.07 Å². The molecule has 0 bridgehead atoms. The Balaban J connectivity index is 3.15. The number of hydrogen-bond acceptors (Lipinski definition) is 3. The van der Waals surface area contributed by atoms with Gasteiger partial charge in [0, 0.05) is 11.6 Å². The number of phenols is 1. The van der Waals surface area contributed by atoms with Crippen LogP contribution in [0.15, 0.2) is 18.2 Å². The lowest BCUT2D eigenvalue weighted by Gasteiger charge is -2.15. The van der Waals surface area contributed by atoms with Crippen LogP contribution in [0.25, 0.3) is 0 Å². The largest absolute Gasteiger partial charge is 0.507 e. The predicted molar refractivity (Wildman–Crippen MR) is 52.3 cm³/mol. The highest BCUT2D eigenvalue weighted by molar-refractivity contribution is 5.68. The van der Waals surface area contributed by atoms with E-state index in [2.05, 4.69) is 0 Å². The second-order valence-electron chi connectivity index (χ2n) is 3.45. The van der Waals surface area contributed by atoms with Gasteiger partial charge < -0.3 is 15.9 Å². The first kappa shape index (κ1) is 13.3. The molecule has 0 aliphatic carbocycles. The van der Waals surface area contributed by atoms with Crippen LogP contribution in [-0.4, -0.2) is 16.2 Å². The SMILES string of the molecule is NC(CC(=O)O)c1cccc(C(F)(F)F)c1O. The van der Waals surface area contributed by atoms with Crippen molar-refractivity contribution in [2.45, 2.75) is 18.6 Å². The smallest absolute Gasteiger partial charge is 0.419 e. The lowest BCUT2D eigenvalue weighted by Crippen LogP contribution is -2.16. The minimum absolute atomic E-state index is 0.234. The van der Waals surface area contributed by atoms with Crippen molar-refractivity contribution < 1.29 is 28.2 Å². The Labute approximate surface area is 94.5 Å². The number of hydrogen-bond donors (Lipinski definition) is 3. The van der Waals surface area contributed by atoms with Gasteiger partial charge in [-0.05, 0) is 6.07 Å². The fourth-order valence-corrected chi connectivity index (χ4v) is 1.39. The highest BCUT2D eigenvalue weighted by atomic mass is 19.4. The maximum atomic E-state index is 12.4. The number of carboxylic acids is 1. The molecule has 0 saturated heterocycles. The number of alkyl halides is 3. The Morgan fingerprint density at radius 2 is 2.00 bits per heavy atom. The molecule has 0 radical (unpaired) electrons. The molecule has 1 rings (SSSR count). The summed E-state index contributed by atoms with van der Waals surface area (Å²) in [7, 11) is 0. The van der Waals surface area contributed by atoms with Gasteiger partial charge in [0.2, 0.25) is 0 Å². The van der Waals surface area contributed by atoms with Crippen LogP contribution in [0.3, 0.4) is 0 Å². The molecule has 4 N–H and O–H groups in total. The van der Waals surface area contributed by atoms with Gasteiger partial charge in [-0.15, -0.1) is 0 Å². The number of rotatable bonds is 3. The fourth-order valence-electron chi connectivity index (χ4n) is 1.39. The van der Waals surface area contributed by atoms with E-state index in [1.54, 1.807) is 0 Å².